The van der Waals surface area contributed by atoms with Gasteiger partial charge < -0.3 is 5.73 Å². The maximum Gasteiger partial charge on any atom is 0.142 e. The second kappa shape index (κ2) is 5.53. The van der Waals surface area contributed by atoms with Crippen LogP contribution in [0.1, 0.15) is 10.6 Å². The summed E-state index contributed by atoms with van der Waals surface area (Å²) >= 11 is 1.62. The van der Waals surface area contributed by atoms with E-state index in [0.717, 1.165) is 32.5 Å². The van der Waals surface area contributed by atoms with Crippen molar-refractivity contribution in [2.45, 2.75) is 13.5 Å². The highest BCUT2D eigenvalue weighted by Gasteiger charge is 2.13. The summed E-state index contributed by atoms with van der Waals surface area (Å²) in [5.74, 6) is 0. The number of benzene rings is 1. The fourth-order valence-corrected chi connectivity index (χ4v) is 3.02. The van der Waals surface area contributed by atoms with Crippen LogP contribution in [0.15, 0.2) is 48.5 Å². The number of nitrogens with zero attached hydrogens (tertiary/aromatic N) is 2. The lowest BCUT2D eigenvalue weighted by molar-refractivity contribution is 1.10. The fraction of sp³-hybridized carbons (Fsp3) is 0.125. The van der Waals surface area contributed by atoms with Gasteiger partial charge in [0.15, 0.2) is 0 Å². The second-order valence-electron chi connectivity index (χ2n) is 4.53. The molecule has 4 heteroatoms. The molecule has 0 aliphatic rings. The molecular formula is C16H15N3S. The molecule has 2 aromatic heterocycles. The van der Waals surface area contributed by atoms with Gasteiger partial charge in [0.25, 0.3) is 0 Å². The standard InChI is InChI=1S/C16H15N3S/c1-11-6-5-9-13(18-11)16-19-15(14(10-17)20-16)12-7-3-2-4-8-12/h2-9H,10,17H2,1H3. The Morgan fingerprint density at radius 2 is 1.80 bits per heavy atom. The van der Waals surface area contributed by atoms with Crippen molar-refractivity contribution < 1.29 is 0 Å². The van der Waals surface area contributed by atoms with Gasteiger partial charge in [-0.05, 0) is 19.1 Å². The Morgan fingerprint density at radius 1 is 1.00 bits per heavy atom. The van der Waals surface area contributed by atoms with Gasteiger partial charge in [-0.25, -0.2) is 4.98 Å². The number of pyridine rings is 1. The second-order valence-corrected chi connectivity index (χ2v) is 5.61. The van der Waals surface area contributed by atoms with E-state index in [0.29, 0.717) is 6.54 Å². The van der Waals surface area contributed by atoms with Gasteiger partial charge >= 0.3 is 0 Å². The van der Waals surface area contributed by atoms with Crippen molar-refractivity contribution in [2.24, 2.45) is 5.73 Å². The van der Waals surface area contributed by atoms with Crippen LogP contribution in [0.5, 0.6) is 0 Å². The van der Waals surface area contributed by atoms with Gasteiger partial charge in [0, 0.05) is 22.7 Å². The summed E-state index contributed by atoms with van der Waals surface area (Å²) in [5, 5.41) is 0.924. The summed E-state index contributed by atoms with van der Waals surface area (Å²) in [6.07, 6.45) is 0. The van der Waals surface area contributed by atoms with Crippen LogP contribution in [0.2, 0.25) is 0 Å². The third kappa shape index (κ3) is 2.48. The van der Waals surface area contributed by atoms with Gasteiger partial charge in [-0.3, -0.25) is 4.98 Å². The van der Waals surface area contributed by atoms with Crippen LogP contribution < -0.4 is 5.73 Å². The number of rotatable bonds is 3. The largest absolute Gasteiger partial charge is 0.326 e. The van der Waals surface area contributed by atoms with Crippen LogP contribution >= 0.6 is 11.3 Å². The van der Waals surface area contributed by atoms with Crippen molar-refractivity contribution >= 4 is 11.3 Å². The first-order valence-electron chi connectivity index (χ1n) is 6.47. The van der Waals surface area contributed by atoms with E-state index >= 15 is 0 Å². The maximum absolute atomic E-state index is 5.86. The van der Waals surface area contributed by atoms with Crippen LogP contribution in [0, 0.1) is 6.92 Å². The van der Waals surface area contributed by atoms with Gasteiger partial charge in [0.05, 0.1) is 11.4 Å². The molecule has 0 saturated heterocycles. The summed E-state index contributed by atoms with van der Waals surface area (Å²) in [6.45, 7) is 2.48. The van der Waals surface area contributed by atoms with E-state index in [9.17, 15) is 0 Å². The molecule has 0 atom stereocenters. The lowest BCUT2D eigenvalue weighted by Crippen LogP contribution is -1.95. The molecule has 100 valence electrons. The fourth-order valence-electron chi connectivity index (χ4n) is 2.08. The molecule has 2 heterocycles. The van der Waals surface area contributed by atoms with Gasteiger partial charge in [-0.1, -0.05) is 36.4 Å². The Kier molecular flexibility index (Phi) is 3.58. The number of hydrogen-bond acceptors (Lipinski definition) is 4. The molecule has 0 bridgehead atoms. The first kappa shape index (κ1) is 13.0. The van der Waals surface area contributed by atoms with Gasteiger partial charge in [-0.2, -0.15) is 0 Å². The predicted octanol–water partition coefficient (Wildman–Crippen LogP) is 3.64. The zero-order chi connectivity index (χ0) is 13.9. The monoisotopic (exact) mass is 281 g/mol. The molecule has 0 radical (unpaired) electrons. The third-order valence-electron chi connectivity index (χ3n) is 3.04. The minimum absolute atomic E-state index is 0.494. The quantitative estimate of drug-likeness (QED) is 0.797. The number of thiazole rings is 1. The number of nitrogens with two attached hydrogens (primary N) is 1. The number of hydrogen-bond donors (Lipinski definition) is 1. The van der Waals surface area contributed by atoms with Crippen LogP contribution in [0.25, 0.3) is 22.0 Å². The highest BCUT2D eigenvalue weighted by atomic mass is 32.1. The zero-order valence-electron chi connectivity index (χ0n) is 11.2. The Labute approximate surface area is 122 Å². The topological polar surface area (TPSA) is 51.8 Å². The van der Waals surface area contributed by atoms with Gasteiger partial charge in [0.2, 0.25) is 0 Å². The number of aromatic nitrogens is 2. The normalized spacial score (nSPS) is 10.7. The first-order valence-corrected chi connectivity index (χ1v) is 7.29. The summed E-state index contributed by atoms with van der Waals surface area (Å²) in [7, 11) is 0. The Balaban J connectivity index is 2.10. The molecule has 3 rings (SSSR count). The van der Waals surface area contributed by atoms with Gasteiger partial charge in [0.1, 0.15) is 5.01 Å². The van der Waals surface area contributed by atoms with Crippen molar-refractivity contribution in [3.05, 3.63) is 59.1 Å². The molecule has 0 unspecified atom stereocenters. The third-order valence-corrected chi connectivity index (χ3v) is 4.14. The smallest absolute Gasteiger partial charge is 0.142 e. The van der Waals surface area contributed by atoms with Crippen LogP contribution in [0.4, 0.5) is 0 Å². The summed E-state index contributed by atoms with van der Waals surface area (Å²) < 4.78 is 0. The molecule has 0 saturated carbocycles. The lowest BCUT2D eigenvalue weighted by atomic mass is 10.1. The number of aryl methyl sites for hydroxylation is 1. The molecule has 0 fully saturated rings. The minimum atomic E-state index is 0.494. The van der Waals surface area contributed by atoms with E-state index in [1.54, 1.807) is 11.3 Å². The van der Waals surface area contributed by atoms with Crippen molar-refractivity contribution in [1.82, 2.24) is 9.97 Å². The average molecular weight is 281 g/mol. The van der Waals surface area contributed by atoms with E-state index in [4.69, 9.17) is 10.7 Å². The SMILES string of the molecule is Cc1cccc(-c2nc(-c3ccccc3)c(CN)s2)n1. The highest BCUT2D eigenvalue weighted by molar-refractivity contribution is 7.15. The van der Waals surface area contributed by atoms with E-state index < -0.39 is 0 Å². The Bertz CT molecular complexity index is 720. The molecule has 0 spiro atoms. The molecule has 2 N–H and O–H groups in total. The van der Waals surface area contributed by atoms with Crippen molar-refractivity contribution in [2.75, 3.05) is 0 Å². The van der Waals surface area contributed by atoms with E-state index in [1.165, 1.54) is 0 Å². The highest BCUT2D eigenvalue weighted by Crippen LogP contribution is 2.32. The zero-order valence-corrected chi connectivity index (χ0v) is 12.0. The average Bonchev–Trinajstić information content (AvgIpc) is 2.92. The summed E-state index contributed by atoms with van der Waals surface area (Å²) in [6, 6.07) is 16.1. The molecule has 0 aliphatic heterocycles. The Hall–Kier alpha value is -2.04. The van der Waals surface area contributed by atoms with Gasteiger partial charge in [-0.15, -0.1) is 11.3 Å². The summed E-state index contributed by atoms with van der Waals surface area (Å²) in [4.78, 5) is 10.4. The van der Waals surface area contributed by atoms with E-state index in [2.05, 4.69) is 17.1 Å². The Morgan fingerprint density at radius 3 is 2.50 bits per heavy atom. The lowest BCUT2D eigenvalue weighted by Gasteiger charge is -1.98. The predicted molar refractivity (Wildman–Crippen MR) is 83.4 cm³/mol. The molecule has 3 aromatic rings. The van der Waals surface area contributed by atoms with Crippen LogP contribution in [0.3, 0.4) is 0 Å². The molecule has 1 aromatic carbocycles. The van der Waals surface area contributed by atoms with E-state index in [-0.39, 0.29) is 0 Å². The van der Waals surface area contributed by atoms with E-state index in [1.807, 2.05) is 43.3 Å². The molecular weight excluding hydrogens is 266 g/mol. The van der Waals surface area contributed by atoms with Crippen LogP contribution in [-0.2, 0) is 6.54 Å². The molecule has 0 aliphatic carbocycles. The maximum atomic E-state index is 5.86. The minimum Gasteiger partial charge on any atom is -0.326 e. The van der Waals surface area contributed by atoms with Crippen LogP contribution in [-0.4, -0.2) is 9.97 Å². The molecule has 0 amide bonds. The first-order chi connectivity index (χ1) is 9.78. The van der Waals surface area contributed by atoms with Crippen molar-refractivity contribution in [3.63, 3.8) is 0 Å². The molecule has 20 heavy (non-hydrogen) atoms. The molecule has 3 nitrogen and oxygen atoms in total. The summed E-state index contributed by atoms with van der Waals surface area (Å²) in [5.41, 5.74) is 9.83. The van der Waals surface area contributed by atoms with Crippen molar-refractivity contribution in [1.29, 1.82) is 0 Å². The van der Waals surface area contributed by atoms with Crippen molar-refractivity contribution in [3.8, 4) is 22.0 Å².